The molecule has 9 heteroatoms. The van der Waals surface area contributed by atoms with Crippen LogP contribution in [0.3, 0.4) is 0 Å². The predicted molar refractivity (Wildman–Crippen MR) is 103 cm³/mol. The number of primary amides is 1. The molecule has 1 amide bonds. The highest BCUT2D eigenvalue weighted by Gasteiger charge is 2.27. The number of carbonyl (C=O) groups excluding carboxylic acids is 1. The summed E-state index contributed by atoms with van der Waals surface area (Å²) >= 11 is 0. The summed E-state index contributed by atoms with van der Waals surface area (Å²) in [5.41, 5.74) is 5.94. The minimum Gasteiger partial charge on any atom is -0.380 e. The van der Waals surface area contributed by atoms with Gasteiger partial charge >= 0.3 is 0 Å². The molecule has 4 rings (SSSR count). The van der Waals surface area contributed by atoms with Crippen LogP contribution in [0.5, 0.6) is 0 Å². The van der Waals surface area contributed by atoms with Crippen LogP contribution in [-0.2, 0) is 17.9 Å². The van der Waals surface area contributed by atoms with E-state index in [1.807, 2.05) is 0 Å². The largest absolute Gasteiger partial charge is 0.380 e. The van der Waals surface area contributed by atoms with Crippen LogP contribution in [0.4, 0.5) is 22.0 Å². The van der Waals surface area contributed by atoms with E-state index < -0.39 is 47.1 Å². The second-order valence-corrected chi connectivity index (χ2v) is 6.90. The summed E-state index contributed by atoms with van der Waals surface area (Å²) in [4.78, 5) is 11.9. The van der Waals surface area contributed by atoms with E-state index in [0.29, 0.717) is 27.4 Å². The Kier molecular flexibility index (Phi) is 5.14. The molecule has 4 aromatic rings. The lowest BCUT2D eigenvalue weighted by Gasteiger charge is -2.12. The van der Waals surface area contributed by atoms with Crippen LogP contribution < -0.4 is 5.73 Å². The standard InChI is InChI=1S/C22H14F5N2O2/c1-31-9-10-5-6-11-15(7-10)29(14-4-2-3-12(16(11)14)22(28)30)8-13-17(23)19(25)21(27)20(26)18(13)24/h2-5,7H,8-9H2,1H3,(H2,28,30). The van der Waals surface area contributed by atoms with Gasteiger partial charge in [0, 0.05) is 29.0 Å². The molecule has 1 aromatic heterocycles. The molecular formula is C22H14F5N2O2. The fraction of sp³-hybridized carbons (Fsp3) is 0.136. The number of methoxy groups -OCH3 is 1. The van der Waals surface area contributed by atoms with Crippen LogP contribution in [-0.4, -0.2) is 17.6 Å². The zero-order valence-corrected chi connectivity index (χ0v) is 16.0. The maximum Gasteiger partial charge on any atom is 0.249 e. The normalized spacial score (nSPS) is 11.5. The van der Waals surface area contributed by atoms with Gasteiger partial charge in [-0.1, -0.05) is 6.07 Å². The number of nitrogens with two attached hydrogens (primary N) is 1. The highest BCUT2D eigenvalue weighted by molar-refractivity contribution is 6.17. The van der Waals surface area contributed by atoms with Gasteiger partial charge in [-0.3, -0.25) is 4.79 Å². The Labute approximate surface area is 172 Å². The van der Waals surface area contributed by atoms with Gasteiger partial charge in [0.05, 0.1) is 24.2 Å². The van der Waals surface area contributed by atoms with Gasteiger partial charge in [0.25, 0.3) is 0 Å². The molecule has 0 saturated carbocycles. The molecule has 4 nitrogen and oxygen atoms in total. The smallest absolute Gasteiger partial charge is 0.249 e. The molecule has 0 fully saturated rings. The lowest BCUT2D eigenvalue weighted by atomic mass is 10.0. The second-order valence-electron chi connectivity index (χ2n) is 6.90. The first-order valence-corrected chi connectivity index (χ1v) is 9.00. The van der Waals surface area contributed by atoms with Crippen molar-refractivity contribution in [2.75, 3.05) is 7.11 Å². The molecule has 31 heavy (non-hydrogen) atoms. The number of benzene rings is 3. The maximum atomic E-state index is 14.4. The van der Waals surface area contributed by atoms with E-state index >= 15 is 0 Å². The van der Waals surface area contributed by atoms with Crippen LogP contribution in [0.25, 0.3) is 21.8 Å². The van der Waals surface area contributed by atoms with E-state index in [9.17, 15) is 26.7 Å². The van der Waals surface area contributed by atoms with Crippen LogP contribution in [0.1, 0.15) is 21.5 Å². The number of nitrogens with zero attached hydrogens (tertiary/aromatic N) is 1. The van der Waals surface area contributed by atoms with E-state index in [4.69, 9.17) is 10.5 Å². The highest BCUT2D eigenvalue weighted by atomic mass is 19.2. The number of aromatic nitrogens is 1. The third kappa shape index (κ3) is 3.21. The number of fused-ring (bicyclic) bond motifs is 3. The van der Waals surface area contributed by atoms with E-state index in [-0.39, 0.29) is 12.2 Å². The van der Waals surface area contributed by atoms with Gasteiger partial charge in [0.15, 0.2) is 23.3 Å². The summed E-state index contributed by atoms with van der Waals surface area (Å²) in [5, 5.41) is 0.769. The van der Waals surface area contributed by atoms with Crippen LogP contribution in [0.15, 0.2) is 30.3 Å². The van der Waals surface area contributed by atoms with Crippen molar-refractivity contribution in [3.63, 3.8) is 0 Å². The molecule has 0 atom stereocenters. The Hall–Kier alpha value is -3.46. The van der Waals surface area contributed by atoms with Crippen LogP contribution in [0, 0.1) is 35.2 Å². The minimum absolute atomic E-state index is 0.134. The van der Waals surface area contributed by atoms with Crippen molar-refractivity contribution in [1.82, 2.24) is 4.57 Å². The summed E-state index contributed by atoms with van der Waals surface area (Å²) in [5.74, 6) is -10.9. The number of amides is 1. The number of hydrogen-bond donors (Lipinski definition) is 1. The first-order chi connectivity index (χ1) is 14.8. The fourth-order valence-electron chi connectivity index (χ4n) is 3.67. The van der Waals surface area contributed by atoms with Gasteiger partial charge in [-0.25, -0.2) is 22.0 Å². The van der Waals surface area contributed by atoms with E-state index in [2.05, 4.69) is 6.07 Å². The number of ether oxygens (including phenoxy) is 1. The molecule has 0 aliphatic carbocycles. The molecule has 1 radical (unpaired) electrons. The molecule has 159 valence electrons. The zero-order valence-electron chi connectivity index (χ0n) is 16.0. The molecule has 0 saturated heterocycles. The molecule has 0 aliphatic heterocycles. The van der Waals surface area contributed by atoms with Crippen molar-refractivity contribution in [2.24, 2.45) is 5.73 Å². The highest BCUT2D eigenvalue weighted by Crippen LogP contribution is 2.34. The summed E-state index contributed by atoms with van der Waals surface area (Å²) in [6, 6.07) is 10.8. The van der Waals surface area contributed by atoms with Gasteiger partial charge in [-0.2, -0.15) is 0 Å². The first kappa shape index (κ1) is 20.8. The van der Waals surface area contributed by atoms with Crippen molar-refractivity contribution in [2.45, 2.75) is 13.2 Å². The van der Waals surface area contributed by atoms with E-state index in [0.717, 1.165) is 0 Å². The lowest BCUT2D eigenvalue weighted by molar-refractivity contribution is 0.100. The SMILES string of the molecule is COCc1c[c]c2c3c(C(N)=O)cccc3n(Cc3c(F)c(F)c(F)c(F)c3F)c2c1. The fourth-order valence-corrected chi connectivity index (χ4v) is 3.67. The van der Waals surface area contributed by atoms with Gasteiger partial charge in [-0.15, -0.1) is 0 Å². The molecule has 0 aliphatic rings. The van der Waals surface area contributed by atoms with Crippen LogP contribution in [0.2, 0.25) is 0 Å². The third-order valence-electron chi connectivity index (χ3n) is 5.05. The zero-order chi connectivity index (χ0) is 22.4. The van der Waals surface area contributed by atoms with Crippen molar-refractivity contribution >= 4 is 27.7 Å². The molecule has 0 spiro atoms. The predicted octanol–water partition coefficient (Wildman–Crippen LogP) is 4.58. The monoisotopic (exact) mass is 433 g/mol. The average molecular weight is 433 g/mol. The Bertz CT molecular complexity index is 1330. The van der Waals surface area contributed by atoms with Crippen molar-refractivity contribution < 1.29 is 31.5 Å². The molecule has 3 aromatic carbocycles. The van der Waals surface area contributed by atoms with Gasteiger partial charge in [0.2, 0.25) is 11.7 Å². The average Bonchev–Trinajstić information content (AvgIpc) is 3.07. The summed E-state index contributed by atoms with van der Waals surface area (Å²) in [6.07, 6.45) is 0. The summed E-state index contributed by atoms with van der Waals surface area (Å²) in [6.45, 7) is -0.489. The first-order valence-electron chi connectivity index (χ1n) is 9.00. The molecule has 0 bridgehead atoms. The topological polar surface area (TPSA) is 57.2 Å². The maximum absolute atomic E-state index is 14.4. The third-order valence-corrected chi connectivity index (χ3v) is 5.05. The van der Waals surface area contributed by atoms with Crippen molar-refractivity contribution in [3.05, 3.63) is 82.2 Å². The van der Waals surface area contributed by atoms with Gasteiger partial charge in [0.1, 0.15) is 0 Å². The summed E-state index contributed by atoms with van der Waals surface area (Å²) in [7, 11) is 1.47. The lowest BCUT2D eigenvalue weighted by Crippen LogP contribution is -2.12. The summed E-state index contributed by atoms with van der Waals surface area (Å²) < 4.78 is 76.1. The van der Waals surface area contributed by atoms with E-state index in [1.165, 1.54) is 23.8 Å². The Morgan fingerprint density at radius 3 is 2.29 bits per heavy atom. The van der Waals surface area contributed by atoms with Crippen molar-refractivity contribution in [1.29, 1.82) is 0 Å². The van der Waals surface area contributed by atoms with E-state index in [1.54, 1.807) is 18.2 Å². The molecule has 0 unspecified atom stereocenters. The second kappa shape index (κ2) is 7.66. The Morgan fingerprint density at radius 1 is 1.03 bits per heavy atom. The van der Waals surface area contributed by atoms with Crippen molar-refractivity contribution in [3.8, 4) is 0 Å². The minimum atomic E-state index is -2.23. The molecule has 1 heterocycles. The molecule has 2 N–H and O–H groups in total. The quantitative estimate of drug-likeness (QED) is 0.285. The number of rotatable bonds is 5. The Balaban J connectivity index is 2.07. The molecular weight excluding hydrogens is 419 g/mol. The number of carbonyl (C=O) groups is 1. The van der Waals surface area contributed by atoms with Gasteiger partial charge < -0.3 is 15.0 Å². The number of hydrogen-bond acceptors (Lipinski definition) is 2. The van der Waals surface area contributed by atoms with Gasteiger partial charge in [-0.05, 0) is 35.9 Å². The number of halogens is 5. The van der Waals surface area contributed by atoms with Crippen LogP contribution >= 0.6 is 0 Å². The Morgan fingerprint density at radius 2 is 1.68 bits per heavy atom.